The van der Waals surface area contributed by atoms with Crippen molar-refractivity contribution >= 4 is 11.6 Å². The van der Waals surface area contributed by atoms with Gasteiger partial charge in [0.25, 0.3) is 0 Å². The number of anilines is 1. The number of hydrogen-bond acceptors (Lipinski definition) is 1. The van der Waals surface area contributed by atoms with Crippen molar-refractivity contribution in [2.24, 2.45) is 23.2 Å². The average Bonchev–Trinajstić information content (AvgIpc) is 2.88. The fourth-order valence-corrected chi connectivity index (χ4v) is 6.29. The number of carbonyl (C=O) groups excluding carboxylic acids is 1. The zero-order valence-electron chi connectivity index (χ0n) is 13.2. The van der Waals surface area contributed by atoms with Gasteiger partial charge in [0.2, 0.25) is 5.91 Å². The van der Waals surface area contributed by atoms with E-state index in [1.165, 1.54) is 25.3 Å². The van der Waals surface area contributed by atoms with E-state index in [1.54, 1.807) is 4.90 Å². The molecule has 6 rings (SSSR count). The topological polar surface area (TPSA) is 20.3 Å². The molecule has 2 nitrogen and oxygen atoms in total. The Labute approximate surface area is 134 Å². The summed E-state index contributed by atoms with van der Waals surface area (Å²) in [7, 11) is 0. The van der Waals surface area contributed by atoms with Crippen LogP contribution in [0.25, 0.3) is 0 Å². The minimum atomic E-state index is -0.591. The van der Waals surface area contributed by atoms with Gasteiger partial charge in [-0.3, -0.25) is 4.79 Å². The first-order valence-electron chi connectivity index (χ1n) is 8.84. The highest BCUT2D eigenvalue weighted by Crippen LogP contribution is 2.61. The molecule has 0 N–H and O–H groups in total. The smallest absolute Gasteiger partial charge is 0.233 e. The van der Waals surface area contributed by atoms with Crippen LogP contribution in [0.3, 0.4) is 0 Å². The van der Waals surface area contributed by atoms with Crippen molar-refractivity contribution in [3.63, 3.8) is 0 Å². The van der Waals surface area contributed by atoms with Crippen LogP contribution < -0.4 is 4.90 Å². The molecule has 122 valence electrons. The van der Waals surface area contributed by atoms with Crippen LogP contribution in [-0.2, 0) is 11.2 Å². The lowest BCUT2D eigenvalue weighted by atomic mass is 9.49. The van der Waals surface area contributed by atoms with Crippen LogP contribution in [0.4, 0.5) is 14.5 Å². The second-order valence-corrected chi connectivity index (χ2v) is 8.29. The monoisotopic (exact) mass is 317 g/mol. The summed E-state index contributed by atoms with van der Waals surface area (Å²) in [5, 5.41) is 0. The molecule has 1 aliphatic heterocycles. The molecule has 1 aromatic rings. The minimum absolute atomic E-state index is 0.139. The van der Waals surface area contributed by atoms with Crippen molar-refractivity contribution in [2.45, 2.75) is 44.9 Å². The SMILES string of the molecule is O=C(N1CCc2c(F)cc(F)cc21)C12CC3CC(CC(C3)C1)C2. The maximum Gasteiger partial charge on any atom is 0.233 e. The molecule has 23 heavy (non-hydrogen) atoms. The molecular formula is C19H21F2NO. The van der Waals surface area contributed by atoms with Crippen LogP contribution in [-0.4, -0.2) is 12.5 Å². The Hall–Kier alpha value is -1.45. The van der Waals surface area contributed by atoms with E-state index in [2.05, 4.69) is 0 Å². The maximum absolute atomic E-state index is 14.0. The highest BCUT2D eigenvalue weighted by atomic mass is 19.1. The largest absolute Gasteiger partial charge is 0.311 e. The third-order valence-electron chi connectivity index (χ3n) is 6.75. The van der Waals surface area contributed by atoms with Gasteiger partial charge in [-0.15, -0.1) is 0 Å². The normalized spacial score (nSPS) is 37.3. The molecule has 0 aromatic heterocycles. The summed E-state index contributed by atoms with van der Waals surface area (Å²) in [6, 6.07) is 2.27. The van der Waals surface area contributed by atoms with E-state index in [4.69, 9.17) is 0 Å². The number of halogens is 2. The zero-order chi connectivity index (χ0) is 15.8. The van der Waals surface area contributed by atoms with Gasteiger partial charge in [0.05, 0.1) is 11.1 Å². The Morgan fingerprint density at radius 2 is 1.65 bits per heavy atom. The summed E-state index contributed by atoms with van der Waals surface area (Å²) in [5.41, 5.74) is 0.729. The Morgan fingerprint density at radius 3 is 2.26 bits per heavy atom. The summed E-state index contributed by atoms with van der Waals surface area (Å²) in [6.45, 7) is 0.496. The molecule has 0 unspecified atom stereocenters. The number of amides is 1. The molecule has 0 saturated heterocycles. The van der Waals surface area contributed by atoms with Crippen molar-refractivity contribution in [1.82, 2.24) is 0 Å². The first kappa shape index (κ1) is 13.9. The highest BCUT2D eigenvalue weighted by molar-refractivity contribution is 5.99. The molecule has 0 radical (unpaired) electrons. The zero-order valence-corrected chi connectivity index (χ0v) is 13.2. The molecule has 0 spiro atoms. The highest BCUT2D eigenvalue weighted by Gasteiger charge is 2.56. The third kappa shape index (κ3) is 1.93. The molecule has 4 heteroatoms. The maximum atomic E-state index is 14.0. The molecular weight excluding hydrogens is 296 g/mol. The summed E-state index contributed by atoms with van der Waals surface area (Å²) < 4.78 is 27.6. The first-order chi connectivity index (χ1) is 11.0. The van der Waals surface area contributed by atoms with Crippen molar-refractivity contribution < 1.29 is 13.6 Å². The second kappa shape index (κ2) is 4.55. The van der Waals surface area contributed by atoms with Gasteiger partial charge in [0, 0.05) is 18.2 Å². The van der Waals surface area contributed by atoms with Crippen molar-refractivity contribution in [2.75, 3.05) is 11.4 Å². The van der Waals surface area contributed by atoms with Gasteiger partial charge in [-0.2, -0.15) is 0 Å². The van der Waals surface area contributed by atoms with Gasteiger partial charge >= 0.3 is 0 Å². The molecule has 4 fully saturated rings. The lowest BCUT2D eigenvalue weighted by Crippen LogP contribution is -2.54. The van der Waals surface area contributed by atoms with Crippen molar-refractivity contribution in [3.8, 4) is 0 Å². The Morgan fingerprint density at radius 1 is 1.04 bits per heavy atom. The van der Waals surface area contributed by atoms with E-state index >= 15 is 0 Å². The molecule has 1 heterocycles. The van der Waals surface area contributed by atoms with Crippen LogP contribution in [0.15, 0.2) is 12.1 Å². The quantitative estimate of drug-likeness (QED) is 0.764. The lowest BCUT2D eigenvalue weighted by Gasteiger charge is -2.56. The molecule has 0 atom stereocenters. The minimum Gasteiger partial charge on any atom is -0.311 e. The molecule has 4 bridgehead atoms. The van der Waals surface area contributed by atoms with Crippen LogP contribution in [0, 0.1) is 34.8 Å². The third-order valence-corrected chi connectivity index (χ3v) is 6.75. The van der Waals surface area contributed by atoms with Gasteiger partial charge in [0.1, 0.15) is 11.6 Å². The van der Waals surface area contributed by atoms with E-state index in [1.807, 2.05) is 0 Å². The van der Waals surface area contributed by atoms with E-state index in [-0.39, 0.29) is 11.3 Å². The predicted octanol–water partition coefficient (Wildman–Crippen LogP) is 4.07. The van der Waals surface area contributed by atoms with Crippen LogP contribution in [0.1, 0.15) is 44.1 Å². The Kier molecular flexibility index (Phi) is 2.76. The number of fused-ring (bicyclic) bond motifs is 1. The first-order valence-corrected chi connectivity index (χ1v) is 8.84. The molecule has 4 aliphatic carbocycles. The van der Waals surface area contributed by atoms with Gasteiger partial charge in [0.15, 0.2) is 0 Å². The van der Waals surface area contributed by atoms with Crippen molar-refractivity contribution in [1.29, 1.82) is 0 Å². The van der Waals surface area contributed by atoms with Crippen molar-refractivity contribution in [3.05, 3.63) is 29.3 Å². The van der Waals surface area contributed by atoms with Crippen LogP contribution in [0.5, 0.6) is 0 Å². The lowest BCUT2D eigenvalue weighted by molar-refractivity contribution is -0.143. The fourth-order valence-electron chi connectivity index (χ4n) is 6.29. The average molecular weight is 317 g/mol. The van der Waals surface area contributed by atoms with Crippen LogP contribution in [0.2, 0.25) is 0 Å². The fraction of sp³-hybridized carbons (Fsp3) is 0.632. The summed E-state index contributed by atoms with van der Waals surface area (Å²) in [4.78, 5) is 15.1. The molecule has 5 aliphatic rings. The summed E-state index contributed by atoms with van der Waals surface area (Å²) >= 11 is 0. The Bertz CT molecular complexity index is 664. The number of hydrogen-bond donors (Lipinski definition) is 0. The van der Waals surface area contributed by atoms with Gasteiger partial charge in [-0.25, -0.2) is 8.78 Å². The van der Waals surface area contributed by atoms with Gasteiger partial charge < -0.3 is 4.90 Å². The standard InChI is InChI=1S/C19H21F2NO/c20-14-6-16(21)15-1-2-22(17(15)7-14)18(23)19-8-11-3-12(9-19)5-13(4-11)10-19/h6-7,11-13H,1-5,8-10H2. The Balaban J connectivity index is 1.51. The van der Waals surface area contributed by atoms with Gasteiger partial charge in [-0.1, -0.05) is 0 Å². The predicted molar refractivity (Wildman–Crippen MR) is 83.0 cm³/mol. The van der Waals surface area contributed by atoms with Gasteiger partial charge in [-0.05, 0) is 68.8 Å². The number of rotatable bonds is 1. The van der Waals surface area contributed by atoms with E-state index < -0.39 is 11.6 Å². The number of carbonyl (C=O) groups is 1. The second-order valence-electron chi connectivity index (χ2n) is 8.29. The molecule has 1 amide bonds. The van der Waals surface area contributed by atoms with E-state index in [0.29, 0.717) is 42.0 Å². The summed E-state index contributed by atoms with van der Waals surface area (Å²) in [6.07, 6.45) is 7.31. The number of nitrogens with zero attached hydrogens (tertiary/aromatic N) is 1. The summed E-state index contributed by atoms with van der Waals surface area (Å²) in [5.74, 6) is 1.11. The van der Waals surface area contributed by atoms with E-state index in [9.17, 15) is 13.6 Å². The van der Waals surface area contributed by atoms with Crippen LogP contribution >= 0.6 is 0 Å². The number of benzene rings is 1. The molecule has 4 saturated carbocycles. The molecule has 1 aromatic carbocycles. The van der Waals surface area contributed by atoms with E-state index in [0.717, 1.165) is 25.3 Å².